The number of benzene rings is 9. The minimum absolute atomic E-state index is 0.00955. The first-order valence-electron chi connectivity index (χ1n) is 29.9. The van der Waals surface area contributed by atoms with E-state index in [9.17, 15) is 48.4 Å². The lowest BCUT2D eigenvalue weighted by molar-refractivity contribution is -0.0510. The number of anilines is 3. The molecule has 0 spiro atoms. The lowest BCUT2D eigenvalue weighted by atomic mass is 10.1. The smallest absolute Gasteiger partial charge is 0.387 e. The van der Waals surface area contributed by atoms with Crippen LogP contribution in [0.3, 0.4) is 0 Å². The molecular formula is C73H59ClF2N6O16S3. The van der Waals surface area contributed by atoms with Gasteiger partial charge in [0.15, 0.2) is 64.0 Å². The van der Waals surface area contributed by atoms with Gasteiger partial charge in [0.25, 0.3) is 17.7 Å². The first-order valence-corrected chi connectivity index (χ1v) is 36.0. The second-order valence-electron chi connectivity index (χ2n) is 21.8. The summed E-state index contributed by atoms with van der Waals surface area (Å²) in [6.07, 6.45) is 3.27. The number of halogens is 3. The fourth-order valence-electron chi connectivity index (χ4n) is 9.65. The molecule has 3 heterocycles. The summed E-state index contributed by atoms with van der Waals surface area (Å²) in [5.74, 6) is 0.103. The summed E-state index contributed by atoms with van der Waals surface area (Å²) in [5, 5.41) is 10.7. The molecular weight excluding hydrogens is 1390 g/mol. The molecule has 0 saturated carbocycles. The molecule has 0 aliphatic rings. The molecule has 0 saturated heterocycles. The number of ether oxygens (including phenoxy) is 7. The van der Waals surface area contributed by atoms with Crippen molar-refractivity contribution >= 4 is 109 Å². The Morgan fingerprint density at radius 1 is 0.376 bits per heavy atom. The van der Waals surface area contributed by atoms with Crippen LogP contribution in [0.15, 0.2) is 239 Å². The standard InChI is InChI=1S/C25H22N2O6S.C24H19ClN2O5S.C24H18F2N2O5S/c1-31-18-11-12-22(23(15-18)32-2)33-25-20(13-16-7-4-5-10-21(16)27-25)24(28)26-17-8-6-9-19(14-17)34(3,29)30;1-31-22-13-16(25)10-11-21(22)32-24-19(12-15-6-3-4-9-20(15)27-24)23(28)26-17-7-5-8-18(14-17)33(2,29)30;1-34(30,31)17-9-6-8-16(14-17)27-22(29)18-13-15-7-2-3-10-19(15)28-23(18)32-20-11-4-5-12-21(20)33-24(25)26/h4-15H,1-3H3,(H,26,28);3-14H,1-2H3,(H,26,28);2-14,24H,1H3,(H,27,29). The second-order valence-corrected chi connectivity index (χ2v) is 28.3. The molecule has 0 aliphatic heterocycles. The van der Waals surface area contributed by atoms with E-state index in [2.05, 4.69) is 35.6 Å². The predicted octanol–water partition coefficient (Wildman–Crippen LogP) is 15.3. The molecule has 12 aromatic rings. The number of hydrogen-bond donors (Lipinski definition) is 3. The van der Waals surface area contributed by atoms with Crippen molar-refractivity contribution in [2.45, 2.75) is 21.3 Å². The van der Waals surface area contributed by atoms with Gasteiger partial charge in [-0.1, -0.05) is 96.5 Å². The van der Waals surface area contributed by atoms with Gasteiger partial charge in [0.2, 0.25) is 17.6 Å². The van der Waals surface area contributed by atoms with Crippen LogP contribution in [0, 0.1) is 0 Å². The van der Waals surface area contributed by atoms with Gasteiger partial charge in [0, 0.05) is 69.1 Å². The van der Waals surface area contributed by atoms with E-state index in [0.29, 0.717) is 67.1 Å². The molecule has 0 atom stereocenters. The Morgan fingerprint density at radius 2 is 0.713 bits per heavy atom. The Balaban J connectivity index is 0.000000163. The van der Waals surface area contributed by atoms with Crippen molar-refractivity contribution in [2.75, 3.05) is 56.0 Å². The van der Waals surface area contributed by atoms with Crippen LogP contribution < -0.4 is 49.1 Å². The zero-order valence-corrected chi connectivity index (χ0v) is 57.4. The number of sulfone groups is 3. The summed E-state index contributed by atoms with van der Waals surface area (Å²) < 4.78 is 135. The molecule has 0 aliphatic carbocycles. The Bertz CT molecular complexity index is 5510. The number of carbonyl (C=O) groups excluding carboxylic acids is 3. The number of aromatic nitrogens is 3. The van der Waals surface area contributed by atoms with Crippen molar-refractivity contribution in [3.63, 3.8) is 0 Å². The van der Waals surface area contributed by atoms with Crippen LogP contribution in [0.25, 0.3) is 32.7 Å². The summed E-state index contributed by atoms with van der Waals surface area (Å²) in [4.78, 5) is 53.3. The fraction of sp³-hybridized carbons (Fsp3) is 0.0959. The third-order valence-corrected chi connectivity index (χ3v) is 18.1. The highest BCUT2D eigenvalue weighted by Gasteiger charge is 2.24. The van der Waals surface area contributed by atoms with Crippen molar-refractivity contribution in [1.82, 2.24) is 15.0 Å². The van der Waals surface area contributed by atoms with Crippen LogP contribution >= 0.6 is 11.6 Å². The second kappa shape index (κ2) is 31.4. The molecule has 3 N–H and O–H groups in total. The van der Waals surface area contributed by atoms with E-state index < -0.39 is 53.8 Å². The molecule has 3 aromatic heterocycles. The average molecular weight is 1450 g/mol. The van der Waals surface area contributed by atoms with E-state index in [-0.39, 0.29) is 66.2 Å². The van der Waals surface area contributed by atoms with Crippen LogP contribution in [0.1, 0.15) is 31.1 Å². The highest BCUT2D eigenvalue weighted by atomic mass is 35.5. The van der Waals surface area contributed by atoms with Gasteiger partial charge < -0.3 is 49.1 Å². The van der Waals surface area contributed by atoms with Gasteiger partial charge in [0.1, 0.15) is 22.4 Å². The molecule has 0 radical (unpaired) electrons. The third-order valence-electron chi connectivity index (χ3n) is 14.5. The Labute approximate surface area is 583 Å². The largest absolute Gasteiger partial charge is 0.497 e. The Kier molecular flexibility index (Phi) is 22.4. The SMILES string of the molecule is COc1cc(Cl)ccc1Oc1nc2ccccc2cc1C(=O)Nc1cccc(S(C)(=O)=O)c1.COc1ccc(Oc2nc3ccccc3cc2C(=O)Nc2cccc(S(C)(=O)=O)c2)c(OC)c1.CS(=O)(=O)c1cccc(NC(=O)c2cc3ccccc3nc2Oc2ccccc2OC(F)F)c1. The zero-order chi connectivity index (χ0) is 72.2. The van der Waals surface area contributed by atoms with Crippen molar-refractivity contribution in [2.24, 2.45) is 0 Å². The number of methoxy groups -OCH3 is 3. The van der Waals surface area contributed by atoms with Crippen molar-refractivity contribution in [3.05, 3.63) is 246 Å². The predicted molar refractivity (Wildman–Crippen MR) is 379 cm³/mol. The van der Waals surface area contributed by atoms with Crippen LogP contribution in [-0.2, 0) is 29.5 Å². The van der Waals surface area contributed by atoms with E-state index in [1.165, 1.54) is 80.9 Å². The lowest BCUT2D eigenvalue weighted by Crippen LogP contribution is -2.14. The molecule has 516 valence electrons. The van der Waals surface area contributed by atoms with Crippen LogP contribution in [0.2, 0.25) is 5.02 Å². The molecule has 3 amide bonds. The minimum atomic E-state index is -3.48. The van der Waals surface area contributed by atoms with E-state index in [0.717, 1.165) is 29.5 Å². The number of para-hydroxylation sites is 5. The van der Waals surface area contributed by atoms with Gasteiger partial charge in [-0.25, -0.2) is 40.2 Å². The number of fused-ring (bicyclic) bond motifs is 3. The maximum Gasteiger partial charge on any atom is 0.387 e. The molecule has 22 nitrogen and oxygen atoms in total. The van der Waals surface area contributed by atoms with E-state index >= 15 is 0 Å². The first-order chi connectivity index (χ1) is 48.2. The zero-order valence-electron chi connectivity index (χ0n) is 54.2. The van der Waals surface area contributed by atoms with Gasteiger partial charge in [-0.3, -0.25) is 14.4 Å². The maximum absolute atomic E-state index is 13.3. The van der Waals surface area contributed by atoms with Crippen LogP contribution in [0.5, 0.6) is 57.9 Å². The van der Waals surface area contributed by atoms with Crippen LogP contribution in [0.4, 0.5) is 25.8 Å². The van der Waals surface area contributed by atoms with Gasteiger partial charge in [-0.05, 0) is 127 Å². The average Bonchev–Trinajstić information content (AvgIpc) is 0.802. The summed E-state index contributed by atoms with van der Waals surface area (Å²) in [6, 6.07) is 59.9. The van der Waals surface area contributed by atoms with Gasteiger partial charge >= 0.3 is 6.61 Å². The third kappa shape index (κ3) is 18.5. The summed E-state index contributed by atoms with van der Waals surface area (Å²) in [7, 11) is -5.82. The quantitative estimate of drug-likeness (QED) is 0.0639. The molecule has 0 bridgehead atoms. The minimum Gasteiger partial charge on any atom is -0.497 e. The number of rotatable bonds is 20. The summed E-state index contributed by atoms with van der Waals surface area (Å²) in [6.45, 7) is -3.07. The van der Waals surface area contributed by atoms with Gasteiger partial charge in [-0.15, -0.1) is 0 Å². The summed E-state index contributed by atoms with van der Waals surface area (Å²) in [5.41, 5.74) is 3.03. The molecule has 9 aromatic carbocycles. The van der Waals surface area contributed by atoms with Crippen molar-refractivity contribution in [3.8, 4) is 57.9 Å². The number of carbonyl (C=O) groups is 3. The van der Waals surface area contributed by atoms with Gasteiger partial charge in [-0.2, -0.15) is 8.78 Å². The first kappa shape index (κ1) is 72.0. The van der Waals surface area contributed by atoms with Crippen LogP contribution in [-0.4, -0.2) is 105 Å². The van der Waals surface area contributed by atoms with E-state index in [1.807, 2.05) is 42.5 Å². The molecule has 101 heavy (non-hydrogen) atoms. The monoisotopic (exact) mass is 1440 g/mol. The number of pyridine rings is 3. The molecule has 0 fully saturated rings. The van der Waals surface area contributed by atoms with Gasteiger partial charge in [0.05, 0.1) is 52.6 Å². The topological polar surface area (TPSA) is 293 Å². The fourth-order valence-corrected chi connectivity index (χ4v) is 11.8. The van der Waals surface area contributed by atoms with E-state index in [4.69, 9.17) is 40.0 Å². The molecule has 12 rings (SSSR count). The Hall–Kier alpha value is -11.8. The number of amides is 3. The normalized spacial score (nSPS) is 11.3. The van der Waals surface area contributed by atoms with Crippen molar-refractivity contribution < 1.29 is 81.6 Å². The summed E-state index contributed by atoms with van der Waals surface area (Å²) >= 11 is 6.04. The molecule has 28 heteroatoms. The van der Waals surface area contributed by atoms with E-state index in [1.54, 1.807) is 122 Å². The highest BCUT2D eigenvalue weighted by molar-refractivity contribution is 7.91. The Morgan fingerprint density at radius 3 is 1.07 bits per heavy atom. The van der Waals surface area contributed by atoms with Crippen molar-refractivity contribution in [1.29, 1.82) is 0 Å². The number of nitrogens with one attached hydrogen (secondary N) is 3. The number of nitrogens with zero attached hydrogens (tertiary/aromatic N) is 3. The number of hydrogen-bond acceptors (Lipinski definition) is 19. The molecule has 0 unspecified atom stereocenters. The lowest BCUT2D eigenvalue weighted by Gasteiger charge is -2.15. The number of alkyl halides is 2. The highest BCUT2D eigenvalue weighted by Crippen LogP contribution is 2.39. The maximum atomic E-state index is 13.3.